The number of rotatable bonds is 1. The maximum absolute atomic E-state index is 5.61. The Kier molecular flexibility index (Phi) is 1.96. The predicted molar refractivity (Wildman–Crippen MR) is 55.2 cm³/mol. The molecule has 0 saturated carbocycles. The zero-order chi connectivity index (χ0) is 10.1. The summed E-state index contributed by atoms with van der Waals surface area (Å²) in [5.74, 6) is 0.533. The summed E-state index contributed by atoms with van der Waals surface area (Å²) >= 11 is 0. The van der Waals surface area contributed by atoms with Crippen LogP contribution in [0.15, 0.2) is 24.5 Å². The van der Waals surface area contributed by atoms with Crippen LogP contribution in [0.3, 0.4) is 0 Å². The standard InChI is InChI=1S/C10H12N4/c1-7-3-4-12-6-9(7)14-8(2)5-10(11)13-14/h3-6H,1-2H3,(H2,11,13). The molecule has 4 nitrogen and oxygen atoms in total. The Morgan fingerprint density at radius 1 is 1.36 bits per heavy atom. The molecule has 0 aliphatic rings. The van der Waals surface area contributed by atoms with E-state index in [2.05, 4.69) is 10.1 Å². The van der Waals surface area contributed by atoms with Gasteiger partial charge >= 0.3 is 0 Å². The second-order valence-electron chi connectivity index (χ2n) is 3.28. The van der Waals surface area contributed by atoms with Gasteiger partial charge in [-0.2, -0.15) is 5.10 Å². The summed E-state index contributed by atoms with van der Waals surface area (Å²) in [5, 5.41) is 4.20. The second-order valence-corrected chi connectivity index (χ2v) is 3.28. The van der Waals surface area contributed by atoms with E-state index in [1.54, 1.807) is 17.1 Å². The van der Waals surface area contributed by atoms with Crippen LogP contribution in [0, 0.1) is 13.8 Å². The zero-order valence-electron chi connectivity index (χ0n) is 8.23. The number of nitrogen functional groups attached to an aromatic ring is 1. The van der Waals surface area contributed by atoms with Crippen LogP contribution >= 0.6 is 0 Å². The Balaban J connectivity index is 2.60. The summed E-state index contributed by atoms with van der Waals surface area (Å²) in [4.78, 5) is 4.07. The van der Waals surface area contributed by atoms with Crippen molar-refractivity contribution in [2.24, 2.45) is 0 Å². The van der Waals surface area contributed by atoms with Crippen LogP contribution in [0.2, 0.25) is 0 Å². The number of nitrogens with zero attached hydrogens (tertiary/aromatic N) is 3. The largest absolute Gasteiger partial charge is 0.382 e. The van der Waals surface area contributed by atoms with Crippen molar-refractivity contribution in [3.8, 4) is 5.69 Å². The SMILES string of the molecule is Cc1ccncc1-n1nc(N)cc1C. The molecule has 0 atom stereocenters. The molecule has 0 aromatic carbocycles. The molecular weight excluding hydrogens is 176 g/mol. The van der Waals surface area contributed by atoms with Gasteiger partial charge in [0, 0.05) is 18.0 Å². The summed E-state index contributed by atoms with van der Waals surface area (Å²) in [6.07, 6.45) is 3.55. The Morgan fingerprint density at radius 3 is 2.71 bits per heavy atom. The maximum Gasteiger partial charge on any atom is 0.146 e. The lowest BCUT2D eigenvalue weighted by atomic mass is 10.2. The van der Waals surface area contributed by atoms with Crippen molar-refractivity contribution in [2.45, 2.75) is 13.8 Å². The minimum absolute atomic E-state index is 0.533. The van der Waals surface area contributed by atoms with Gasteiger partial charge in [0.25, 0.3) is 0 Å². The molecule has 0 saturated heterocycles. The maximum atomic E-state index is 5.61. The number of hydrogen-bond acceptors (Lipinski definition) is 3. The first-order valence-electron chi connectivity index (χ1n) is 4.41. The summed E-state index contributed by atoms with van der Waals surface area (Å²) in [6.45, 7) is 3.99. The van der Waals surface area contributed by atoms with Crippen LogP contribution in [-0.2, 0) is 0 Å². The smallest absolute Gasteiger partial charge is 0.146 e. The van der Waals surface area contributed by atoms with Gasteiger partial charge in [0.15, 0.2) is 0 Å². The predicted octanol–water partition coefficient (Wildman–Crippen LogP) is 1.47. The third kappa shape index (κ3) is 1.35. The monoisotopic (exact) mass is 188 g/mol. The highest BCUT2D eigenvalue weighted by atomic mass is 15.3. The van der Waals surface area contributed by atoms with E-state index >= 15 is 0 Å². The molecule has 14 heavy (non-hydrogen) atoms. The molecule has 2 rings (SSSR count). The Bertz CT molecular complexity index is 459. The number of pyridine rings is 1. The van der Waals surface area contributed by atoms with Gasteiger partial charge in [-0.05, 0) is 25.5 Å². The molecule has 72 valence electrons. The van der Waals surface area contributed by atoms with Gasteiger partial charge in [0.2, 0.25) is 0 Å². The fourth-order valence-electron chi connectivity index (χ4n) is 1.42. The molecule has 2 aromatic rings. The molecule has 2 N–H and O–H groups in total. The molecule has 0 aliphatic heterocycles. The summed E-state index contributed by atoms with van der Waals surface area (Å²) in [5.41, 5.74) is 8.73. The van der Waals surface area contributed by atoms with Gasteiger partial charge in [-0.15, -0.1) is 0 Å². The molecule has 0 fully saturated rings. The minimum Gasteiger partial charge on any atom is -0.382 e. The van der Waals surface area contributed by atoms with Crippen LogP contribution in [-0.4, -0.2) is 14.8 Å². The van der Waals surface area contributed by atoms with Crippen molar-refractivity contribution in [1.82, 2.24) is 14.8 Å². The van der Waals surface area contributed by atoms with Crippen molar-refractivity contribution in [3.05, 3.63) is 35.8 Å². The van der Waals surface area contributed by atoms with Gasteiger partial charge in [0.1, 0.15) is 5.82 Å². The fraction of sp³-hybridized carbons (Fsp3) is 0.200. The molecule has 2 aromatic heterocycles. The molecular formula is C10H12N4. The molecule has 0 unspecified atom stereocenters. The van der Waals surface area contributed by atoms with E-state index in [4.69, 9.17) is 5.73 Å². The molecule has 2 heterocycles. The first-order valence-corrected chi connectivity index (χ1v) is 4.41. The third-order valence-electron chi connectivity index (χ3n) is 2.15. The highest BCUT2D eigenvalue weighted by molar-refractivity contribution is 5.41. The highest BCUT2D eigenvalue weighted by Gasteiger charge is 2.05. The number of hydrogen-bond donors (Lipinski definition) is 1. The second kappa shape index (κ2) is 3.14. The first-order chi connectivity index (χ1) is 6.68. The van der Waals surface area contributed by atoms with Crippen LogP contribution in [0.25, 0.3) is 5.69 Å². The van der Waals surface area contributed by atoms with Crippen LogP contribution in [0.5, 0.6) is 0 Å². The van der Waals surface area contributed by atoms with Gasteiger partial charge in [-0.25, -0.2) is 4.68 Å². The third-order valence-corrected chi connectivity index (χ3v) is 2.15. The van der Waals surface area contributed by atoms with E-state index in [0.29, 0.717) is 5.82 Å². The van der Waals surface area contributed by atoms with Crippen molar-refractivity contribution >= 4 is 5.82 Å². The summed E-state index contributed by atoms with van der Waals surface area (Å²) in [7, 11) is 0. The molecule has 0 amide bonds. The number of aryl methyl sites for hydroxylation is 2. The molecule has 0 spiro atoms. The van der Waals surface area contributed by atoms with Crippen molar-refractivity contribution in [2.75, 3.05) is 5.73 Å². The Morgan fingerprint density at radius 2 is 2.14 bits per heavy atom. The fourth-order valence-corrected chi connectivity index (χ4v) is 1.42. The van der Waals surface area contributed by atoms with E-state index in [-0.39, 0.29) is 0 Å². The Labute approximate surface area is 82.4 Å². The zero-order valence-corrected chi connectivity index (χ0v) is 8.23. The normalized spacial score (nSPS) is 10.4. The van der Waals surface area contributed by atoms with Gasteiger partial charge in [-0.1, -0.05) is 0 Å². The topological polar surface area (TPSA) is 56.7 Å². The molecule has 0 aliphatic carbocycles. The lowest BCUT2D eigenvalue weighted by molar-refractivity contribution is 0.838. The average molecular weight is 188 g/mol. The minimum atomic E-state index is 0.533. The van der Waals surface area contributed by atoms with Gasteiger partial charge < -0.3 is 5.73 Å². The molecule has 4 heteroatoms. The number of anilines is 1. The molecule has 0 radical (unpaired) electrons. The van der Waals surface area contributed by atoms with E-state index in [1.165, 1.54) is 0 Å². The van der Waals surface area contributed by atoms with E-state index in [9.17, 15) is 0 Å². The first kappa shape index (κ1) is 8.74. The summed E-state index contributed by atoms with van der Waals surface area (Å²) < 4.78 is 1.80. The van der Waals surface area contributed by atoms with Gasteiger partial charge in [0.05, 0.1) is 11.9 Å². The number of aromatic nitrogens is 3. The lowest BCUT2D eigenvalue weighted by Crippen LogP contribution is -2.02. The van der Waals surface area contributed by atoms with Crippen LogP contribution in [0.1, 0.15) is 11.3 Å². The quantitative estimate of drug-likeness (QED) is 0.737. The van der Waals surface area contributed by atoms with Crippen molar-refractivity contribution < 1.29 is 0 Å². The van der Waals surface area contributed by atoms with Crippen molar-refractivity contribution in [3.63, 3.8) is 0 Å². The Hall–Kier alpha value is -1.84. The van der Waals surface area contributed by atoms with Crippen molar-refractivity contribution in [1.29, 1.82) is 0 Å². The summed E-state index contributed by atoms with van der Waals surface area (Å²) in [6, 6.07) is 3.79. The number of nitrogens with two attached hydrogens (primary N) is 1. The van der Waals surface area contributed by atoms with E-state index in [0.717, 1.165) is 16.9 Å². The average Bonchev–Trinajstić information content (AvgIpc) is 2.46. The van der Waals surface area contributed by atoms with E-state index < -0.39 is 0 Å². The van der Waals surface area contributed by atoms with Crippen LogP contribution < -0.4 is 5.73 Å². The molecule has 0 bridgehead atoms. The van der Waals surface area contributed by atoms with Gasteiger partial charge in [-0.3, -0.25) is 4.98 Å². The highest BCUT2D eigenvalue weighted by Crippen LogP contribution is 2.15. The van der Waals surface area contributed by atoms with E-state index in [1.807, 2.05) is 26.0 Å². The van der Waals surface area contributed by atoms with Crippen LogP contribution in [0.4, 0.5) is 5.82 Å². The lowest BCUT2D eigenvalue weighted by Gasteiger charge is -2.06.